The van der Waals surface area contributed by atoms with Crippen molar-refractivity contribution in [3.05, 3.63) is 18.0 Å². The van der Waals surface area contributed by atoms with Crippen LogP contribution in [0.25, 0.3) is 5.78 Å². The number of hydrogen-bond donors (Lipinski definition) is 1. The summed E-state index contributed by atoms with van der Waals surface area (Å²) in [5.41, 5.74) is 6.38. The van der Waals surface area contributed by atoms with Crippen molar-refractivity contribution in [1.82, 2.24) is 19.6 Å². The molecule has 0 spiro atoms. The van der Waals surface area contributed by atoms with Gasteiger partial charge >= 0.3 is 0 Å². The summed E-state index contributed by atoms with van der Waals surface area (Å²) in [5, 5.41) is 7.42. The Morgan fingerprint density at radius 1 is 1.42 bits per heavy atom. The molecular weight excluding hydrogens is 178 g/mol. The van der Waals surface area contributed by atoms with Crippen molar-refractivity contribution in [1.29, 1.82) is 0 Å². The van der Waals surface area contributed by atoms with Crippen molar-refractivity contribution in [2.75, 3.05) is 5.73 Å². The van der Waals surface area contributed by atoms with Crippen LogP contribution in [-0.2, 0) is 0 Å². The van der Waals surface area contributed by atoms with Gasteiger partial charge in [0, 0.05) is 11.9 Å². The van der Waals surface area contributed by atoms with E-state index in [1.54, 1.807) is 10.6 Å². The second kappa shape index (κ2) is 2.94. The molecule has 0 saturated carbocycles. The van der Waals surface area contributed by atoms with Crippen molar-refractivity contribution in [2.24, 2.45) is 0 Å². The van der Waals surface area contributed by atoms with Crippen molar-refractivity contribution in [3.63, 3.8) is 0 Å². The molecule has 5 nitrogen and oxygen atoms in total. The van der Waals surface area contributed by atoms with Crippen LogP contribution in [0.3, 0.4) is 0 Å². The maximum absolute atomic E-state index is 5.48. The van der Waals surface area contributed by atoms with E-state index in [4.69, 9.17) is 5.73 Å². The molecule has 2 rings (SSSR count). The predicted octanol–water partition coefficient (Wildman–Crippen LogP) is 0.437. The van der Waals surface area contributed by atoms with E-state index in [0.29, 0.717) is 11.7 Å². The molecule has 2 N–H and O–H groups in total. The minimum Gasteiger partial charge on any atom is -0.368 e. The van der Waals surface area contributed by atoms with E-state index in [2.05, 4.69) is 15.2 Å². The number of fused-ring (bicyclic) bond motifs is 1. The molecule has 2 aromatic heterocycles. The highest BCUT2D eigenvalue weighted by Gasteiger charge is 2.00. The van der Waals surface area contributed by atoms with Gasteiger partial charge in [-0.1, -0.05) is 0 Å². The number of nitrogen functional groups attached to an aromatic ring is 1. The number of aromatic nitrogens is 4. The minimum absolute atomic E-state index is 0. The van der Waals surface area contributed by atoms with Gasteiger partial charge in [-0.25, -0.2) is 4.98 Å². The summed E-state index contributed by atoms with van der Waals surface area (Å²) < 4.78 is 1.63. The SMILES string of the molecule is Cc1ccn2c(N)nnc2n1.Cl. The van der Waals surface area contributed by atoms with Crippen molar-refractivity contribution in [3.8, 4) is 0 Å². The Kier molecular flexibility index (Phi) is 2.14. The van der Waals surface area contributed by atoms with Crippen LogP contribution in [0.2, 0.25) is 0 Å². The average molecular weight is 186 g/mol. The van der Waals surface area contributed by atoms with E-state index in [0.717, 1.165) is 5.69 Å². The van der Waals surface area contributed by atoms with Gasteiger partial charge < -0.3 is 5.73 Å². The van der Waals surface area contributed by atoms with E-state index < -0.39 is 0 Å². The fourth-order valence-electron chi connectivity index (χ4n) is 0.891. The molecule has 0 aliphatic heterocycles. The molecule has 0 saturated heterocycles. The van der Waals surface area contributed by atoms with Crippen LogP contribution in [0.4, 0.5) is 5.95 Å². The Morgan fingerprint density at radius 3 is 2.92 bits per heavy atom. The largest absolute Gasteiger partial charge is 0.368 e. The molecule has 64 valence electrons. The third-order valence-electron chi connectivity index (χ3n) is 1.45. The molecule has 6 heteroatoms. The fraction of sp³-hybridized carbons (Fsp3) is 0.167. The van der Waals surface area contributed by atoms with Gasteiger partial charge in [0.2, 0.25) is 5.95 Å². The van der Waals surface area contributed by atoms with Gasteiger partial charge in [0.1, 0.15) is 0 Å². The molecule has 0 bridgehead atoms. The summed E-state index contributed by atoms with van der Waals surface area (Å²) in [4.78, 5) is 4.11. The number of rotatable bonds is 0. The molecule has 0 aliphatic rings. The summed E-state index contributed by atoms with van der Waals surface area (Å²) in [5.74, 6) is 0.912. The first-order chi connectivity index (χ1) is 5.27. The minimum atomic E-state index is 0. The second-order valence-corrected chi connectivity index (χ2v) is 2.30. The van der Waals surface area contributed by atoms with E-state index in [1.165, 1.54) is 0 Å². The lowest BCUT2D eigenvalue weighted by molar-refractivity contribution is 1.07. The van der Waals surface area contributed by atoms with Crippen molar-refractivity contribution < 1.29 is 0 Å². The predicted molar refractivity (Wildman–Crippen MR) is 47.2 cm³/mol. The van der Waals surface area contributed by atoms with Crippen LogP contribution in [0.5, 0.6) is 0 Å². The summed E-state index contributed by atoms with van der Waals surface area (Å²) >= 11 is 0. The normalized spacial score (nSPS) is 9.75. The first-order valence-corrected chi connectivity index (χ1v) is 3.21. The van der Waals surface area contributed by atoms with E-state index in [-0.39, 0.29) is 12.4 Å². The van der Waals surface area contributed by atoms with Crippen LogP contribution in [0.1, 0.15) is 5.69 Å². The van der Waals surface area contributed by atoms with E-state index in [9.17, 15) is 0 Å². The molecule has 0 aromatic carbocycles. The quantitative estimate of drug-likeness (QED) is 0.647. The van der Waals surface area contributed by atoms with E-state index in [1.807, 2.05) is 13.0 Å². The molecule has 0 radical (unpaired) electrons. The maximum atomic E-state index is 5.48. The fourth-order valence-corrected chi connectivity index (χ4v) is 0.891. The standard InChI is InChI=1S/C6H7N5.ClH/c1-4-2-3-11-5(7)9-10-6(11)8-4;/h2-3H,1H3,(H2,7,9);1H. The number of anilines is 1. The lowest BCUT2D eigenvalue weighted by atomic mass is 10.5. The summed E-state index contributed by atoms with van der Waals surface area (Å²) in [6.07, 6.45) is 1.80. The third kappa shape index (κ3) is 1.18. The zero-order valence-corrected chi connectivity index (χ0v) is 7.25. The third-order valence-corrected chi connectivity index (χ3v) is 1.45. The van der Waals surface area contributed by atoms with Crippen LogP contribution < -0.4 is 5.73 Å². The Labute approximate surface area is 75.0 Å². The van der Waals surface area contributed by atoms with Crippen LogP contribution in [-0.4, -0.2) is 19.6 Å². The van der Waals surface area contributed by atoms with Crippen LogP contribution in [0, 0.1) is 6.92 Å². The van der Waals surface area contributed by atoms with Gasteiger partial charge in [-0.05, 0) is 13.0 Å². The molecule has 2 aromatic rings. The Hall–Kier alpha value is -1.36. The molecule has 0 amide bonds. The number of nitrogens with two attached hydrogens (primary N) is 1. The Bertz CT molecular complexity index is 396. The summed E-state index contributed by atoms with van der Waals surface area (Å²) in [6.45, 7) is 1.89. The van der Waals surface area contributed by atoms with Gasteiger partial charge in [-0.3, -0.25) is 4.40 Å². The van der Waals surface area contributed by atoms with E-state index >= 15 is 0 Å². The monoisotopic (exact) mass is 185 g/mol. The highest BCUT2D eigenvalue weighted by Crippen LogP contribution is 2.01. The topological polar surface area (TPSA) is 69.1 Å². The second-order valence-electron chi connectivity index (χ2n) is 2.30. The maximum Gasteiger partial charge on any atom is 0.256 e. The van der Waals surface area contributed by atoms with Crippen molar-refractivity contribution in [2.45, 2.75) is 6.92 Å². The summed E-state index contributed by atoms with van der Waals surface area (Å²) in [6, 6.07) is 1.85. The zero-order chi connectivity index (χ0) is 7.84. The van der Waals surface area contributed by atoms with Gasteiger partial charge in [0.25, 0.3) is 5.78 Å². The Balaban J connectivity index is 0.000000720. The zero-order valence-electron chi connectivity index (χ0n) is 6.43. The van der Waals surface area contributed by atoms with Crippen LogP contribution in [0.15, 0.2) is 12.3 Å². The lowest BCUT2D eigenvalue weighted by Crippen LogP contribution is -1.95. The molecule has 12 heavy (non-hydrogen) atoms. The van der Waals surface area contributed by atoms with Gasteiger partial charge in [0.05, 0.1) is 0 Å². The molecule has 0 fully saturated rings. The number of nitrogens with zero attached hydrogens (tertiary/aromatic N) is 4. The average Bonchev–Trinajstić information content (AvgIpc) is 2.32. The first kappa shape index (κ1) is 8.73. The molecule has 0 unspecified atom stereocenters. The Morgan fingerprint density at radius 2 is 2.17 bits per heavy atom. The highest BCUT2D eigenvalue weighted by molar-refractivity contribution is 5.85. The first-order valence-electron chi connectivity index (χ1n) is 3.21. The van der Waals surface area contributed by atoms with Crippen molar-refractivity contribution >= 4 is 24.1 Å². The lowest BCUT2D eigenvalue weighted by Gasteiger charge is -1.92. The molecule has 0 atom stereocenters. The van der Waals surface area contributed by atoms with Gasteiger partial charge in [-0.2, -0.15) is 0 Å². The number of aryl methyl sites for hydroxylation is 1. The van der Waals surface area contributed by atoms with Gasteiger partial charge in [0.15, 0.2) is 0 Å². The summed E-state index contributed by atoms with van der Waals surface area (Å²) in [7, 11) is 0. The molecule has 0 aliphatic carbocycles. The molecule has 2 heterocycles. The van der Waals surface area contributed by atoms with Gasteiger partial charge in [-0.15, -0.1) is 22.6 Å². The van der Waals surface area contributed by atoms with Crippen LogP contribution >= 0.6 is 12.4 Å². The smallest absolute Gasteiger partial charge is 0.256 e. The number of hydrogen-bond acceptors (Lipinski definition) is 4. The molecular formula is C6H8ClN5. The highest BCUT2D eigenvalue weighted by atomic mass is 35.5. The number of halogens is 1.